The molecular formula is C24H32N3O+. The van der Waals surface area contributed by atoms with Gasteiger partial charge in [0.25, 0.3) is 5.56 Å². The van der Waals surface area contributed by atoms with Crippen molar-refractivity contribution >= 4 is 5.65 Å². The van der Waals surface area contributed by atoms with Crippen LogP contribution in [0.15, 0.2) is 53.3 Å². The van der Waals surface area contributed by atoms with E-state index < -0.39 is 0 Å². The van der Waals surface area contributed by atoms with E-state index in [0.29, 0.717) is 24.2 Å². The molecule has 2 N–H and O–H groups in total. The van der Waals surface area contributed by atoms with Gasteiger partial charge in [0.1, 0.15) is 23.9 Å². The molecule has 3 rings (SSSR count). The molecule has 0 amide bonds. The SMILES string of the molecule is Cc1cccc2nc(C[NH2+][C@H](c3ccc(C(C)(C)C)cc3)C(C)C)cc(=O)n12. The largest absolute Gasteiger partial charge is 0.335 e. The molecule has 0 aliphatic carbocycles. The van der Waals surface area contributed by atoms with E-state index in [1.54, 1.807) is 10.5 Å². The Morgan fingerprint density at radius 3 is 2.36 bits per heavy atom. The van der Waals surface area contributed by atoms with E-state index in [-0.39, 0.29) is 11.0 Å². The van der Waals surface area contributed by atoms with Gasteiger partial charge >= 0.3 is 0 Å². The number of quaternary nitrogens is 1. The van der Waals surface area contributed by atoms with Gasteiger partial charge in [-0.3, -0.25) is 9.20 Å². The second-order valence-corrected chi connectivity index (χ2v) is 9.03. The average Bonchev–Trinajstić information content (AvgIpc) is 2.61. The van der Waals surface area contributed by atoms with Crippen molar-refractivity contribution in [3.05, 3.63) is 81.4 Å². The highest BCUT2D eigenvalue weighted by molar-refractivity contribution is 5.40. The lowest BCUT2D eigenvalue weighted by molar-refractivity contribution is -0.717. The molecule has 1 atom stereocenters. The van der Waals surface area contributed by atoms with Gasteiger partial charge in [-0.15, -0.1) is 0 Å². The van der Waals surface area contributed by atoms with Crippen LogP contribution in [-0.4, -0.2) is 9.38 Å². The molecule has 2 aromatic heterocycles. The lowest BCUT2D eigenvalue weighted by Crippen LogP contribution is -2.84. The van der Waals surface area contributed by atoms with Crippen molar-refractivity contribution in [2.24, 2.45) is 5.92 Å². The summed E-state index contributed by atoms with van der Waals surface area (Å²) < 4.78 is 1.66. The third-order valence-corrected chi connectivity index (χ3v) is 5.39. The minimum atomic E-state index is -0.0119. The number of pyridine rings is 1. The summed E-state index contributed by atoms with van der Waals surface area (Å²) >= 11 is 0. The summed E-state index contributed by atoms with van der Waals surface area (Å²) in [6, 6.07) is 16.7. The maximum atomic E-state index is 12.5. The smallest absolute Gasteiger partial charge is 0.258 e. The number of aryl methyl sites for hydroxylation is 1. The van der Waals surface area contributed by atoms with Crippen molar-refractivity contribution in [1.29, 1.82) is 0 Å². The van der Waals surface area contributed by atoms with Gasteiger partial charge in [-0.05, 0) is 30.0 Å². The minimum Gasteiger partial charge on any atom is -0.335 e. The van der Waals surface area contributed by atoms with Crippen molar-refractivity contribution in [2.45, 2.75) is 59.5 Å². The monoisotopic (exact) mass is 378 g/mol. The summed E-state index contributed by atoms with van der Waals surface area (Å²) in [6.07, 6.45) is 0. The van der Waals surface area contributed by atoms with Crippen molar-refractivity contribution in [3.63, 3.8) is 0 Å². The highest BCUT2D eigenvalue weighted by Crippen LogP contribution is 2.25. The summed E-state index contributed by atoms with van der Waals surface area (Å²) in [5.74, 6) is 0.476. The Labute approximate surface area is 167 Å². The van der Waals surface area contributed by atoms with Gasteiger partial charge in [-0.25, -0.2) is 4.98 Å². The Bertz CT molecular complexity index is 1010. The van der Waals surface area contributed by atoms with Crippen LogP contribution in [0.4, 0.5) is 0 Å². The molecule has 28 heavy (non-hydrogen) atoms. The zero-order chi connectivity index (χ0) is 20.5. The van der Waals surface area contributed by atoms with Crippen LogP contribution >= 0.6 is 0 Å². The molecule has 1 aromatic carbocycles. The number of benzene rings is 1. The number of rotatable bonds is 5. The number of hydrogen-bond acceptors (Lipinski definition) is 2. The Hall–Kier alpha value is -2.46. The molecule has 0 aliphatic rings. The van der Waals surface area contributed by atoms with Crippen LogP contribution in [0.5, 0.6) is 0 Å². The third-order valence-electron chi connectivity index (χ3n) is 5.39. The number of aromatic nitrogens is 2. The third kappa shape index (κ3) is 4.33. The first-order chi connectivity index (χ1) is 13.2. The zero-order valence-electron chi connectivity index (χ0n) is 17.9. The van der Waals surface area contributed by atoms with Gasteiger partial charge < -0.3 is 5.32 Å². The van der Waals surface area contributed by atoms with Crippen molar-refractivity contribution in [1.82, 2.24) is 9.38 Å². The first kappa shape index (κ1) is 20.3. The molecule has 0 aliphatic heterocycles. The maximum absolute atomic E-state index is 12.5. The summed E-state index contributed by atoms with van der Waals surface area (Å²) in [5.41, 5.74) is 5.26. The Kier molecular flexibility index (Phi) is 5.71. The molecule has 0 spiro atoms. The molecule has 2 heterocycles. The molecule has 0 bridgehead atoms. The molecular weight excluding hydrogens is 346 g/mol. The Morgan fingerprint density at radius 1 is 1.07 bits per heavy atom. The fourth-order valence-electron chi connectivity index (χ4n) is 3.71. The van der Waals surface area contributed by atoms with Gasteiger partial charge in [0, 0.05) is 23.2 Å². The second kappa shape index (κ2) is 7.88. The van der Waals surface area contributed by atoms with Gasteiger partial charge in [0.2, 0.25) is 0 Å². The predicted molar refractivity (Wildman–Crippen MR) is 115 cm³/mol. The number of hydrogen-bond donors (Lipinski definition) is 1. The van der Waals surface area contributed by atoms with E-state index in [4.69, 9.17) is 4.98 Å². The summed E-state index contributed by atoms with van der Waals surface area (Å²) in [7, 11) is 0. The lowest BCUT2D eigenvalue weighted by atomic mass is 9.85. The lowest BCUT2D eigenvalue weighted by Gasteiger charge is -2.22. The van der Waals surface area contributed by atoms with E-state index in [9.17, 15) is 4.79 Å². The summed E-state index contributed by atoms with van der Waals surface area (Å²) in [5, 5.41) is 2.30. The van der Waals surface area contributed by atoms with Crippen LogP contribution in [0.25, 0.3) is 5.65 Å². The molecule has 0 saturated carbocycles. The van der Waals surface area contributed by atoms with E-state index in [1.807, 2.05) is 25.1 Å². The molecule has 0 fully saturated rings. The quantitative estimate of drug-likeness (QED) is 0.735. The standard InChI is InChI=1S/C24H31N3O/c1-16(2)23(18-10-12-19(13-11-18)24(4,5)6)25-15-20-14-22(28)27-17(3)8-7-9-21(27)26-20/h7-14,16,23,25H,15H2,1-6H3/p+1/t23-/m0/s1. The molecule has 3 aromatic rings. The fraction of sp³-hybridized carbons (Fsp3) is 0.417. The number of nitrogens with zero attached hydrogens (tertiary/aromatic N) is 2. The van der Waals surface area contributed by atoms with Crippen LogP contribution in [0.3, 0.4) is 0 Å². The topological polar surface area (TPSA) is 51.0 Å². The number of fused-ring (bicyclic) bond motifs is 1. The number of nitrogens with two attached hydrogens (primary N) is 1. The van der Waals surface area contributed by atoms with Crippen LogP contribution in [0.1, 0.15) is 63.2 Å². The second-order valence-electron chi connectivity index (χ2n) is 9.03. The summed E-state index contributed by atoms with van der Waals surface area (Å²) in [4.78, 5) is 17.2. The molecule has 0 radical (unpaired) electrons. The van der Waals surface area contributed by atoms with Gasteiger partial charge in [-0.2, -0.15) is 0 Å². The zero-order valence-corrected chi connectivity index (χ0v) is 17.9. The van der Waals surface area contributed by atoms with Crippen LogP contribution in [-0.2, 0) is 12.0 Å². The minimum absolute atomic E-state index is 0.0119. The van der Waals surface area contributed by atoms with Crippen molar-refractivity contribution < 1.29 is 5.32 Å². The van der Waals surface area contributed by atoms with E-state index in [0.717, 1.165) is 11.4 Å². The molecule has 4 heteroatoms. The average molecular weight is 379 g/mol. The predicted octanol–water partition coefficient (Wildman–Crippen LogP) is 3.76. The van der Waals surface area contributed by atoms with Gasteiger partial charge in [0.05, 0.1) is 0 Å². The van der Waals surface area contributed by atoms with Crippen LogP contribution in [0.2, 0.25) is 0 Å². The van der Waals surface area contributed by atoms with Gasteiger partial charge in [0.15, 0.2) is 0 Å². The Balaban J connectivity index is 1.83. The van der Waals surface area contributed by atoms with Gasteiger partial charge in [-0.1, -0.05) is 65.0 Å². The first-order valence-electron chi connectivity index (χ1n) is 10.1. The highest BCUT2D eigenvalue weighted by Gasteiger charge is 2.21. The van der Waals surface area contributed by atoms with E-state index in [2.05, 4.69) is 64.2 Å². The van der Waals surface area contributed by atoms with Crippen molar-refractivity contribution in [2.75, 3.05) is 0 Å². The fourth-order valence-corrected chi connectivity index (χ4v) is 3.71. The molecule has 0 saturated heterocycles. The highest BCUT2D eigenvalue weighted by atomic mass is 16.1. The maximum Gasteiger partial charge on any atom is 0.258 e. The van der Waals surface area contributed by atoms with Crippen LogP contribution < -0.4 is 10.9 Å². The Morgan fingerprint density at radius 2 is 1.75 bits per heavy atom. The van der Waals surface area contributed by atoms with Crippen LogP contribution in [0, 0.1) is 12.8 Å². The van der Waals surface area contributed by atoms with Crippen molar-refractivity contribution in [3.8, 4) is 0 Å². The molecule has 4 nitrogen and oxygen atoms in total. The first-order valence-corrected chi connectivity index (χ1v) is 10.1. The molecule has 148 valence electrons. The molecule has 0 unspecified atom stereocenters. The van der Waals surface area contributed by atoms with E-state index in [1.165, 1.54) is 11.1 Å². The summed E-state index contributed by atoms with van der Waals surface area (Å²) in [6.45, 7) is 13.8. The van der Waals surface area contributed by atoms with E-state index >= 15 is 0 Å². The normalized spacial score (nSPS) is 13.2.